The zero-order valence-corrected chi connectivity index (χ0v) is 9.39. The Morgan fingerprint density at radius 1 is 1.38 bits per heavy atom. The first-order chi connectivity index (χ1) is 7.68. The van der Waals surface area contributed by atoms with Crippen molar-refractivity contribution in [2.75, 3.05) is 0 Å². The van der Waals surface area contributed by atoms with E-state index < -0.39 is 6.10 Å². The summed E-state index contributed by atoms with van der Waals surface area (Å²) in [7, 11) is 0. The summed E-state index contributed by atoms with van der Waals surface area (Å²) in [6.07, 6.45) is 2.43. The van der Waals surface area contributed by atoms with Crippen LogP contribution < -0.4 is 0 Å². The highest BCUT2D eigenvalue weighted by molar-refractivity contribution is 6.29. The van der Waals surface area contributed by atoms with E-state index in [1.165, 1.54) is 0 Å². The zero-order chi connectivity index (χ0) is 11.5. The van der Waals surface area contributed by atoms with Crippen LogP contribution >= 0.6 is 11.6 Å². The third-order valence-corrected chi connectivity index (χ3v) is 2.44. The van der Waals surface area contributed by atoms with E-state index in [9.17, 15) is 5.11 Å². The van der Waals surface area contributed by atoms with Gasteiger partial charge in [0.2, 0.25) is 0 Å². The Morgan fingerprint density at radius 2 is 2.19 bits per heavy atom. The minimum Gasteiger partial charge on any atom is -0.382 e. The van der Waals surface area contributed by atoms with Crippen molar-refractivity contribution in [2.45, 2.75) is 13.0 Å². The van der Waals surface area contributed by atoms with Gasteiger partial charge >= 0.3 is 0 Å². The van der Waals surface area contributed by atoms with Gasteiger partial charge in [0.15, 0.2) is 5.15 Å². The molecule has 2 aromatic heterocycles. The molecule has 0 spiro atoms. The summed E-state index contributed by atoms with van der Waals surface area (Å²) in [5, 5.41) is 18.0. The molecule has 0 saturated heterocycles. The van der Waals surface area contributed by atoms with E-state index in [0.29, 0.717) is 16.4 Å². The van der Waals surface area contributed by atoms with Crippen molar-refractivity contribution in [1.82, 2.24) is 15.2 Å². The topological polar surface area (TPSA) is 58.9 Å². The summed E-state index contributed by atoms with van der Waals surface area (Å²) in [6, 6.07) is 5.22. The molecule has 0 aliphatic carbocycles. The van der Waals surface area contributed by atoms with Gasteiger partial charge in [0.05, 0.1) is 5.69 Å². The van der Waals surface area contributed by atoms with Crippen molar-refractivity contribution in [3.05, 3.63) is 52.6 Å². The summed E-state index contributed by atoms with van der Waals surface area (Å²) >= 11 is 5.70. The second kappa shape index (κ2) is 4.55. The summed E-state index contributed by atoms with van der Waals surface area (Å²) in [5.74, 6) is 0. The molecular formula is C11H10ClN3O. The summed E-state index contributed by atoms with van der Waals surface area (Å²) in [6.45, 7) is 1.83. The number of aliphatic hydroxyl groups excluding tert-OH is 1. The van der Waals surface area contributed by atoms with E-state index in [2.05, 4.69) is 15.2 Å². The smallest absolute Gasteiger partial charge is 0.151 e. The molecule has 0 aliphatic rings. The van der Waals surface area contributed by atoms with Crippen LogP contribution in [0.25, 0.3) is 0 Å². The number of aryl methyl sites for hydroxylation is 1. The second-order valence-corrected chi connectivity index (χ2v) is 3.81. The average molecular weight is 236 g/mol. The zero-order valence-electron chi connectivity index (χ0n) is 8.63. The van der Waals surface area contributed by atoms with Crippen LogP contribution in [0.2, 0.25) is 5.15 Å². The molecule has 0 fully saturated rings. The number of hydrogen-bond acceptors (Lipinski definition) is 4. The highest BCUT2D eigenvalue weighted by atomic mass is 35.5. The van der Waals surface area contributed by atoms with Crippen molar-refractivity contribution in [3.63, 3.8) is 0 Å². The average Bonchev–Trinajstić information content (AvgIpc) is 2.29. The summed E-state index contributed by atoms with van der Waals surface area (Å²) in [5.41, 5.74) is 1.98. The monoisotopic (exact) mass is 235 g/mol. The van der Waals surface area contributed by atoms with Crippen LogP contribution in [0, 0.1) is 6.92 Å². The van der Waals surface area contributed by atoms with Crippen LogP contribution in [-0.4, -0.2) is 20.3 Å². The highest BCUT2D eigenvalue weighted by Gasteiger charge is 2.15. The van der Waals surface area contributed by atoms with E-state index in [1.54, 1.807) is 30.6 Å². The molecule has 1 unspecified atom stereocenters. The molecule has 0 amide bonds. The first-order valence-corrected chi connectivity index (χ1v) is 5.14. The van der Waals surface area contributed by atoms with Gasteiger partial charge in [0.1, 0.15) is 6.10 Å². The fourth-order valence-electron chi connectivity index (χ4n) is 1.43. The third-order valence-electron chi connectivity index (χ3n) is 2.25. The van der Waals surface area contributed by atoms with Crippen molar-refractivity contribution in [3.8, 4) is 0 Å². The van der Waals surface area contributed by atoms with Gasteiger partial charge in [-0.2, -0.15) is 5.10 Å². The van der Waals surface area contributed by atoms with Crippen molar-refractivity contribution in [1.29, 1.82) is 0 Å². The molecule has 4 nitrogen and oxygen atoms in total. The molecule has 0 saturated carbocycles. The van der Waals surface area contributed by atoms with E-state index in [-0.39, 0.29) is 0 Å². The molecular weight excluding hydrogens is 226 g/mol. The largest absolute Gasteiger partial charge is 0.382 e. The Labute approximate surface area is 97.9 Å². The lowest BCUT2D eigenvalue weighted by Gasteiger charge is -2.11. The quantitative estimate of drug-likeness (QED) is 0.864. The molecule has 2 rings (SSSR count). The normalized spacial score (nSPS) is 12.4. The molecule has 1 N–H and O–H groups in total. The van der Waals surface area contributed by atoms with E-state index in [1.807, 2.05) is 6.92 Å². The first kappa shape index (κ1) is 11.0. The Kier molecular flexibility index (Phi) is 3.12. The lowest BCUT2D eigenvalue weighted by Crippen LogP contribution is -2.06. The van der Waals surface area contributed by atoms with Crippen molar-refractivity contribution >= 4 is 11.6 Å². The number of hydrogen-bond donors (Lipinski definition) is 1. The summed E-state index contributed by atoms with van der Waals surface area (Å²) in [4.78, 5) is 3.94. The van der Waals surface area contributed by atoms with Gasteiger partial charge in [0, 0.05) is 18.0 Å². The predicted molar refractivity (Wildman–Crippen MR) is 60.1 cm³/mol. The van der Waals surface area contributed by atoms with Crippen molar-refractivity contribution in [2.24, 2.45) is 0 Å². The van der Waals surface area contributed by atoms with Gasteiger partial charge in [-0.15, -0.1) is 5.10 Å². The lowest BCUT2D eigenvalue weighted by molar-refractivity contribution is 0.212. The Balaban J connectivity index is 2.38. The molecule has 5 heteroatoms. The van der Waals surface area contributed by atoms with Crippen LogP contribution in [0.5, 0.6) is 0 Å². The molecule has 82 valence electrons. The van der Waals surface area contributed by atoms with Crippen LogP contribution in [0.15, 0.2) is 30.6 Å². The fourth-order valence-corrected chi connectivity index (χ4v) is 1.63. The molecule has 0 bridgehead atoms. The molecule has 0 radical (unpaired) electrons. The van der Waals surface area contributed by atoms with Crippen LogP contribution in [-0.2, 0) is 0 Å². The molecule has 0 aromatic carbocycles. The van der Waals surface area contributed by atoms with Gasteiger partial charge < -0.3 is 5.11 Å². The molecule has 16 heavy (non-hydrogen) atoms. The molecule has 1 atom stereocenters. The van der Waals surface area contributed by atoms with E-state index in [0.717, 1.165) is 5.56 Å². The predicted octanol–water partition coefficient (Wildman–Crippen LogP) is 1.92. The maximum absolute atomic E-state index is 10.1. The maximum atomic E-state index is 10.1. The van der Waals surface area contributed by atoms with Crippen LogP contribution in [0.1, 0.15) is 22.9 Å². The number of pyridine rings is 1. The Hall–Kier alpha value is -1.52. The second-order valence-electron chi connectivity index (χ2n) is 3.42. The maximum Gasteiger partial charge on any atom is 0.151 e. The Bertz CT molecular complexity index is 490. The van der Waals surface area contributed by atoms with Gasteiger partial charge in [-0.25, -0.2) is 0 Å². The van der Waals surface area contributed by atoms with E-state index >= 15 is 0 Å². The van der Waals surface area contributed by atoms with Gasteiger partial charge in [-0.1, -0.05) is 17.7 Å². The number of rotatable bonds is 2. The number of aromatic nitrogens is 3. The van der Waals surface area contributed by atoms with E-state index in [4.69, 9.17) is 11.6 Å². The fraction of sp³-hybridized carbons (Fsp3) is 0.182. The third kappa shape index (κ3) is 2.18. The van der Waals surface area contributed by atoms with Gasteiger partial charge in [-0.05, 0) is 24.6 Å². The first-order valence-electron chi connectivity index (χ1n) is 4.76. The molecule has 2 heterocycles. The lowest BCUT2D eigenvalue weighted by atomic mass is 10.1. The minimum atomic E-state index is -0.821. The SMILES string of the molecule is Cc1cc(Cl)nnc1C(O)c1cccnc1. The number of nitrogens with zero attached hydrogens (tertiary/aromatic N) is 3. The van der Waals surface area contributed by atoms with Crippen LogP contribution in [0.4, 0.5) is 0 Å². The summed E-state index contributed by atoms with van der Waals surface area (Å²) < 4.78 is 0. The highest BCUT2D eigenvalue weighted by Crippen LogP contribution is 2.22. The van der Waals surface area contributed by atoms with Gasteiger partial charge in [-0.3, -0.25) is 4.98 Å². The number of aliphatic hydroxyl groups is 1. The van der Waals surface area contributed by atoms with Gasteiger partial charge in [0.25, 0.3) is 0 Å². The van der Waals surface area contributed by atoms with Crippen molar-refractivity contribution < 1.29 is 5.11 Å². The standard InChI is InChI=1S/C11H10ClN3O/c1-7-5-9(12)14-15-10(7)11(16)8-3-2-4-13-6-8/h2-6,11,16H,1H3. The van der Waals surface area contributed by atoms with Crippen LogP contribution in [0.3, 0.4) is 0 Å². The molecule has 0 aliphatic heterocycles. The minimum absolute atomic E-state index is 0.319. The molecule has 2 aromatic rings. The Morgan fingerprint density at radius 3 is 2.81 bits per heavy atom. The number of halogens is 1.